The molecule has 0 radical (unpaired) electrons. The summed E-state index contributed by atoms with van der Waals surface area (Å²) in [5.41, 5.74) is 3.78. The Kier molecular flexibility index (Phi) is 5.20. The summed E-state index contributed by atoms with van der Waals surface area (Å²) in [6.07, 6.45) is 4.98. The van der Waals surface area contributed by atoms with Gasteiger partial charge in [-0.15, -0.1) is 0 Å². The Hall–Kier alpha value is -2.27. The van der Waals surface area contributed by atoms with E-state index in [0.29, 0.717) is 5.69 Å². The van der Waals surface area contributed by atoms with Gasteiger partial charge in [0, 0.05) is 10.7 Å². The highest BCUT2D eigenvalue weighted by Crippen LogP contribution is 2.09. The lowest BCUT2D eigenvalue weighted by molar-refractivity contribution is 0.0950. The number of carbonyl (C=O) groups excluding carboxylic acids is 1. The highest BCUT2D eigenvalue weighted by atomic mass is 79.9. The molecule has 4 nitrogen and oxygen atoms in total. The summed E-state index contributed by atoms with van der Waals surface area (Å²) >= 11 is 3.37. The van der Waals surface area contributed by atoms with Crippen LogP contribution in [-0.4, -0.2) is 17.1 Å². The smallest absolute Gasteiger partial charge is 0.266 e. The van der Waals surface area contributed by atoms with Crippen molar-refractivity contribution in [3.63, 3.8) is 0 Å². The largest absolute Gasteiger partial charge is 0.289 e. The first-order valence-electron chi connectivity index (χ1n) is 5.92. The molecule has 1 aromatic heterocycles. The van der Waals surface area contributed by atoms with E-state index in [0.717, 1.165) is 10.0 Å². The number of amides is 1. The Morgan fingerprint density at radius 3 is 2.60 bits per heavy atom. The second kappa shape index (κ2) is 7.35. The topological polar surface area (TPSA) is 54.4 Å². The molecule has 0 fully saturated rings. The first kappa shape index (κ1) is 14.1. The Morgan fingerprint density at radius 2 is 1.90 bits per heavy atom. The molecule has 1 heterocycles. The third-order valence-electron chi connectivity index (χ3n) is 2.36. The fourth-order valence-electron chi connectivity index (χ4n) is 1.45. The third-order valence-corrected chi connectivity index (χ3v) is 2.79. The zero-order valence-corrected chi connectivity index (χ0v) is 12.1. The van der Waals surface area contributed by atoms with Gasteiger partial charge in [-0.1, -0.05) is 36.4 Å². The molecule has 1 aromatic carbocycles. The van der Waals surface area contributed by atoms with Crippen LogP contribution in [-0.2, 0) is 0 Å². The van der Waals surface area contributed by atoms with E-state index in [-0.39, 0.29) is 5.91 Å². The Labute approximate surface area is 125 Å². The highest BCUT2D eigenvalue weighted by molar-refractivity contribution is 9.12. The third kappa shape index (κ3) is 4.44. The Balaban J connectivity index is 1.94. The summed E-state index contributed by atoms with van der Waals surface area (Å²) < 4.78 is 0.755. The van der Waals surface area contributed by atoms with Crippen molar-refractivity contribution in [1.29, 1.82) is 0 Å². The van der Waals surface area contributed by atoms with Crippen molar-refractivity contribution in [3.05, 3.63) is 70.5 Å². The molecule has 1 N–H and O–H groups in total. The van der Waals surface area contributed by atoms with Gasteiger partial charge in [0.2, 0.25) is 0 Å². The summed E-state index contributed by atoms with van der Waals surface area (Å²) in [5, 5.41) is 3.86. The van der Waals surface area contributed by atoms with Crippen molar-refractivity contribution in [2.45, 2.75) is 0 Å². The average Bonchev–Trinajstić information content (AvgIpc) is 2.49. The van der Waals surface area contributed by atoms with Gasteiger partial charge in [-0.05, 0) is 39.7 Å². The van der Waals surface area contributed by atoms with Crippen LogP contribution in [0.2, 0.25) is 0 Å². The van der Waals surface area contributed by atoms with Gasteiger partial charge in [0.05, 0.1) is 6.21 Å². The van der Waals surface area contributed by atoms with Crippen LogP contribution in [0.5, 0.6) is 0 Å². The van der Waals surface area contributed by atoms with Gasteiger partial charge in [0.25, 0.3) is 5.91 Å². The lowest BCUT2D eigenvalue weighted by Gasteiger charge is -1.97. The normalized spacial score (nSPS) is 11.6. The van der Waals surface area contributed by atoms with Crippen LogP contribution in [0, 0.1) is 0 Å². The van der Waals surface area contributed by atoms with Crippen LogP contribution in [0.1, 0.15) is 16.1 Å². The van der Waals surface area contributed by atoms with Crippen LogP contribution >= 0.6 is 15.9 Å². The van der Waals surface area contributed by atoms with Crippen LogP contribution < -0.4 is 5.43 Å². The predicted molar refractivity (Wildman–Crippen MR) is 83.5 cm³/mol. The molecule has 0 saturated heterocycles. The molecule has 0 aliphatic carbocycles. The van der Waals surface area contributed by atoms with E-state index in [1.807, 2.05) is 36.4 Å². The van der Waals surface area contributed by atoms with Crippen molar-refractivity contribution in [1.82, 2.24) is 10.4 Å². The fourth-order valence-corrected chi connectivity index (χ4v) is 1.82. The number of nitrogens with one attached hydrogen (secondary N) is 1. The molecule has 100 valence electrons. The zero-order chi connectivity index (χ0) is 14.2. The number of allylic oxidation sites excluding steroid dienone is 1. The number of aromatic nitrogens is 1. The quantitative estimate of drug-likeness (QED) is 0.691. The van der Waals surface area contributed by atoms with Gasteiger partial charge >= 0.3 is 0 Å². The summed E-state index contributed by atoms with van der Waals surface area (Å²) in [6, 6.07) is 14.9. The van der Waals surface area contributed by atoms with Gasteiger partial charge in [-0.25, -0.2) is 5.43 Å². The molecule has 20 heavy (non-hydrogen) atoms. The predicted octanol–water partition coefficient (Wildman–Crippen LogP) is 3.23. The molecule has 0 bridgehead atoms. The Bertz CT molecular complexity index is 624. The monoisotopic (exact) mass is 329 g/mol. The molecule has 1 amide bonds. The lowest BCUT2D eigenvalue weighted by atomic mass is 10.2. The van der Waals surface area contributed by atoms with Crippen LogP contribution in [0.3, 0.4) is 0 Å². The number of benzene rings is 1. The highest BCUT2D eigenvalue weighted by Gasteiger charge is 2.03. The summed E-state index contributed by atoms with van der Waals surface area (Å²) in [5.74, 6) is -0.345. The molecule has 0 aliphatic rings. The number of rotatable bonds is 4. The second-order valence-electron chi connectivity index (χ2n) is 3.85. The van der Waals surface area contributed by atoms with E-state index in [2.05, 4.69) is 31.4 Å². The molecule has 0 unspecified atom stereocenters. The van der Waals surface area contributed by atoms with E-state index in [1.54, 1.807) is 24.4 Å². The maximum absolute atomic E-state index is 11.7. The number of hydrogen-bond donors (Lipinski definition) is 1. The fraction of sp³-hybridized carbons (Fsp3) is 0. The van der Waals surface area contributed by atoms with E-state index in [9.17, 15) is 4.79 Å². The molecule has 0 spiro atoms. The van der Waals surface area contributed by atoms with Crippen molar-refractivity contribution < 1.29 is 4.79 Å². The minimum Gasteiger partial charge on any atom is -0.266 e. The van der Waals surface area contributed by atoms with Crippen molar-refractivity contribution in [2.24, 2.45) is 5.10 Å². The minimum absolute atomic E-state index is 0.327. The standard InChI is InChI=1S/C15H12BrN3O/c16-13(10-12-6-2-1-3-7-12)11-18-19-15(20)14-8-4-5-9-17-14/h1-11H,(H,19,20)/b13-10-,18-11-. The number of carbonyl (C=O) groups is 1. The van der Waals surface area contributed by atoms with E-state index in [1.165, 1.54) is 6.21 Å². The first-order valence-corrected chi connectivity index (χ1v) is 6.72. The first-order chi connectivity index (χ1) is 9.75. The SMILES string of the molecule is O=C(N/N=C\C(Br)=C\c1ccccc1)c1ccccn1. The van der Waals surface area contributed by atoms with Gasteiger partial charge in [-0.3, -0.25) is 9.78 Å². The van der Waals surface area contributed by atoms with Crippen LogP contribution in [0.4, 0.5) is 0 Å². The van der Waals surface area contributed by atoms with Crippen molar-refractivity contribution in [3.8, 4) is 0 Å². The van der Waals surface area contributed by atoms with Crippen LogP contribution in [0.15, 0.2) is 64.3 Å². The second-order valence-corrected chi connectivity index (χ2v) is 4.77. The van der Waals surface area contributed by atoms with Crippen molar-refractivity contribution >= 4 is 34.1 Å². The van der Waals surface area contributed by atoms with Crippen LogP contribution in [0.25, 0.3) is 6.08 Å². The lowest BCUT2D eigenvalue weighted by Crippen LogP contribution is -2.18. The molecule has 0 atom stereocenters. The van der Waals surface area contributed by atoms with E-state index >= 15 is 0 Å². The molecule has 0 saturated carbocycles. The van der Waals surface area contributed by atoms with Gasteiger partial charge in [0.15, 0.2) is 0 Å². The number of hydrazone groups is 1. The van der Waals surface area contributed by atoms with Gasteiger partial charge in [0.1, 0.15) is 5.69 Å². The number of nitrogens with zero attached hydrogens (tertiary/aromatic N) is 2. The number of hydrogen-bond acceptors (Lipinski definition) is 3. The Morgan fingerprint density at radius 1 is 1.15 bits per heavy atom. The molecule has 5 heteroatoms. The maximum Gasteiger partial charge on any atom is 0.289 e. The maximum atomic E-state index is 11.7. The van der Waals surface area contributed by atoms with Gasteiger partial charge < -0.3 is 0 Å². The summed E-state index contributed by atoms with van der Waals surface area (Å²) in [7, 11) is 0. The van der Waals surface area contributed by atoms with Gasteiger partial charge in [-0.2, -0.15) is 5.10 Å². The molecular formula is C15H12BrN3O. The summed E-state index contributed by atoms with van der Waals surface area (Å²) in [4.78, 5) is 15.6. The average molecular weight is 330 g/mol. The number of halogens is 1. The molecule has 2 aromatic rings. The van der Waals surface area contributed by atoms with E-state index < -0.39 is 0 Å². The minimum atomic E-state index is -0.345. The van der Waals surface area contributed by atoms with E-state index in [4.69, 9.17) is 0 Å². The number of pyridine rings is 1. The zero-order valence-electron chi connectivity index (χ0n) is 10.5. The molecular weight excluding hydrogens is 318 g/mol. The molecule has 0 aliphatic heterocycles. The summed E-state index contributed by atoms with van der Waals surface area (Å²) in [6.45, 7) is 0. The molecule has 2 rings (SSSR count). The van der Waals surface area contributed by atoms with Crippen molar-refractivity contribution in [2.75, 3.05) is 0 Å².